The van der Waals surface area contributed by atoms with Gasteiger partial charge in [0.1, 0.15) is 11.5 Å². The van der Waals surface area contributed by atoms with Crippen molar-refractivity contribution >= 4 is 17.1 Å². The summed E-state index contributed by atoms with van der Waals surface area (Å²) in [6.07, 6.45) is 3.90. The number of allylic oxidation sites excluding steroid dienone is 2. The van der Waals surface area contributed by atoms with Crippen LogP contribution in [0.2, 0.25) is 0 Å². The fourth-order valence-corrected chi connectivity index (χ4v) is 2.10. The number of phenols is 2. The number of phenolic OH excluding ortho intramolecular Hbond substituents is 2. The molecular weight excluding hydrogens is 248 g/mol. The lowest BCUT2D eigenvalue weighted by molar-refractivity contribution is 0.0998. The molecule has 0 spiro atoms. The van der Waals surface area contributed by atoms with Gasteiger partial charge in [-0.2, -0.15) is 0 Å². The first kappa shape index (κ1) is 11.3. The molecule has 94 valence electrons. The first-order valence-electron chi connectivity index (χ1n) is 5.47. The van der Waals surface area contributed by atoms with Crippen molar-refractivity contribution in [3.8, 4) is 11.5 Å². The highest BCUT2D eigenvalue weighted by Gasteiger charge is 2.29. The third-order valence-electron chi connectivity index (χ3n) is 2.95. The molecule has 0 amide bonds. The van der Waals surface area contributed by atoms with Gasteiger partial charge in [-0.05, 0) is 18.2 Å². The highest BCUT2D eigenvalue weighted by atomic mass is 16.3. The molecule has 2 N–H and O–H groups in total. The monoisotopic (exact) mass is 256 g/mol. The van der Waals surface area contributed by atoms with Crippen LogP contribution in [0.25, 0.3) is 5.57 Å². The van der Waals surface area contributed by atoms with E-state index in [9.17, 15) is 19.8 Å². The van der Waals surface area contributed by atoms with Crippen LogP contribution in [0.3, 0.4) is 0 Å². The fourth-order valence-electron chi connectivity index (χ4n) is 2.10. The van der Waals surface area contributed by atoms with Crippen LogP contribution in [0.1, 0.15) is 26.3 Å². The van der Waals surface area contributed by atoms with Gasteiger partial charge in [0.25, 0.3) is 0 Å². The number of hydrogen-bond donors (Lipinski definition) is 2. The summed E-state index contributed by atoms with van der Waals surface area (Å²) >= 11 is 0. The van der Waals surface area contributed by atoms with Crippen molar-refractivity contribution < 1.29 is 24.2 Å². The summed E-state index contributed by atoms with van der Waals surface area (Å²) in [4.78, 5) is 24.2. The Balaban J connectivity index is 2.23. The van der Waals surface area contributed by atoms with Gasteiger partial charge in [0.2, 0.25) is 0 Å². The van der Waals surface area contributed by atoms with Crippen LogP contribution in [-0.2, 0) is 0 Å². The van der Waals surface area contributed by atoms with Crippen molar-refractivity contribution in [1.82, 2.24) is 0 Å². The quantitative estimate of drug-likeness (QED) is 0.816. The molecule has 5 nitrogen and oxygen atoms in total. The Morgan fingerprint density at radius 3 is 2.58 bits per heavy atom. The third kappa shape index (κ3) is 1.63. The molecule has 1 aromatic carbocycles. The molecule has 0 bridgehead atoms. The summed E-state index contributed by atoms with van der Waals surface area (Å²) in [6.45, 7) is 0. The number of fused-ring (bicyclic) bond motifs is 1. The first-order valence-corrected chi connectivity index (χ1v) is 5.47. The molecule has 0 fully saturated rings. The molecule has 0 radical (unpaired) electrons. The Hall–Kier alpha value is -2.82. The average molecular weight is 256 g/mol. The van der Waals surface area contributed by atoms with E-state index in [1.54, 1.807) is 6.07 Å². The Labute approximate surface area is 107 Å². The molecule has 0 saturated carbocycles. The average Bonchev–Trinajstić information content (AvgIpc) is 2.86. The molecule has 0 unspecified atom stereocenters. The number of benzene rings is 1. The Bertz CT molecular complexity index is 723. The zero-order chi connectivity index (χ0) is 13.6. The molecule has 1 aliphatic carbocycles. The second kappa shape index (κ2) is 3.84. The van der Waals surface area contributed by atoms with Crippen LogP contribution >= 0.6 is 0 Å². The van der Waals surface area contributed by atoms with Crippen molar-refractivity contribution in [3.05, 3.63) is 53.5 Å². The second-order valence-corrected chi connectivity index (χ2v) is 4.15. The minimum absolute atomic E-state index is 0.0128. The van der Waals surface area contributed by atoms with Crippen molar-refractivity contribution in [2.45, 2.75) is 0 Å². The zero-order valence-corrected chi connectivity index (χ0v) is 9.58. The minimum Gasteiger partial charge on any atom is -0.508 e. The minimum atomic E-state index is -0.483. The second-order valence-electron chi connectivity index (χ2n) is 4.15. The summed E-state index contributed by atoms with van der Waals surface area (Å²) in [5.41, 5.74) is 0.555. The van der Waals surface area contributed by atoms with Gasteiger partial charge in [-0.15, -0.1) is 0 Å². The standard InChI is InChI=1S/C14H8O5/c15-8-3-10-13(11(16)4-8)12(17)5-9(14(10)18)7-1-2-19-6-7/h1-6,15-16H. The summed E-state index contributed by atoms with van der Waals surface area (Å²) < 4.78 is 4.88. The van der Waals surface area contributed by atoms with Crippen molar-refractivity contribution in [2.75, 3.05) is 0 Å². The largest absolute Gasteiger partial charge is 0.508 e. The van der Waals surface area contributed by atoms with Crippen LogP contribution < -0.4 is 0 Å². The number of ketones is 2. The van der Waals surface area contributed by atoms with Crippen LogP contribution in [0.15, 0.2) is 41.2 Å². The van der Waals surface area contributed by atoms with Gasteiger partial charge in [0.05, 0.1) is 18.1 Å². The van der Waals surface area contributed by atoms with Gasteiger partial charge in [-0.1, -0.05) is 0 Å². The normalized spacial score (nSPS) is 14.2. The zero-order valence-electron chi connectivity index (χ0n) is 9.58. The van der Waals surface area contributed by atoms with E-state index >= 15 is 0 Å². The molecule has 0 aliphatic heterocycles. The highest BCUT2D eigenvalue weighted by molar-refractivity contribution is 6.39. The number of furan rings is 1. The molecule has 1 aromatic heterocycles. The highest BCUT2D eigenvalue weighted by Crippen LogP contribution is 2.35. The lowest BCUT2D eigenvalue weighted by Crippen LogP contribution is -2.16. The van der Waals surface area contributed by atoms with E-state index in [0.717, 1.165) is 12.1 Å². The SMILES string of the molecule is O=C1C(c2ccoc2)=CC(=O)c2c(O)cc(O)cc21. The number of carbonyl (C=O) groups is 2. The maximum absolute atomic E-state index is 12.3. The fraction of sp³-hybridized carbons (Fsp3) is 0. The van der Waals surface area contributed by atoms with Gasteiger partial charge in [0.15, 0.2) is 11.6 Å². The van der Waals surface area contributed by atoms with Gasteiger partial charge in [-0.3, -0.25) is 9.59 Å². The molecule has 2 aromatic rings. The maximum Gasteiger partial charge on any atom is 0.194 e. The summed E-state index contributed by atoms with van der Waals surface area (Å²) in [5.74, 6) is -1.60. The first-order chi connectivity index (χ1) is 9.08. The van der Waals surface area contributed by atoms with Gasteiger partial charge < -0.3 is 14.6 Å². The maximum atomic E-state index is 12.3. The smallest absolute Gasteiger partial charge is 0.194 e. The van der Waals surface area contributed by atoms with E-state index < -0.39 is 17.3 Å². The number of hydrogen-bond acceptors (Lipinski definition) is 5. The van der Waals surface area contributed by atoms with Crippen molar-refractivity contribution in [3.63, 3.8) is 0 Å². The van der Waals surface area contributed by atoms with Crippen LogP contribution in [0, 0.1) is 0 Å². The molecule has 1 heterocycles. The van der Waals surface area contributed by atoms with E-state index in [0.29, 0.717) is 5.56 Å². The summed E-state index contributed by atoms with van der Waals surface area (Å²) in [7, 11) is 0. The molecule has 0 atom stereocenters. The van der Waals surface area contributed by atoms with Gasteiger partial charge in [0, 0.05) is 22.8 Å². The number of rotatable bonds is 1. The predicted molar refractivity (Wildman–Crippen MR) is 65.1 cm³/mol. The molecule has 0 saturated heterocycles. The van der Waals surface area contributed by atoms with Crippen LogP contribution in [0.5, 0.6) is 11.5 Å². The molecule has 19 heavy (non-hydrogen) atoms. The summed E-state index contributed by atoms with van der Waals surface area (Å²) in [6, 6.07) is 3.76. The van der Waals surface area contributed by atoms with Gasteiger partial charge in [-0.25, -0.2) is 0 Å². The lowest BCUT2D eigenvalue weighted by atomic mass is 9.86. The lowest BCUT2D eigenvalue weighted by Gasteiger charge is -2.15. The van der Waals surface area contributed by atoms with Crippen LogP contribution in [0.4, 0.5) is 0 Å². The number of Topliss-reactive ketones (excluding diaryl/α,β-unsaturated/α-hetero) is 1. The predicted octanol–water partition coefficient (Wildman–Crippen LogP) is 2.15. The number of aromatic hydroxyl groups is 2. The number of carbonyl (C=O) groups excluding carboxylic acids is 2. The molecular formula is C14H8O5. The van der Waals surface area contributed by atoms with Crippen LogP contribution in [-0.4, -0.2) is 21.8 Å². The van der Waals surface area contributed by atoms with Crippen molar-refractivity contribution in [1.29, 1.82) is 0 Å². The van der Waals surface area contributed by atoms with Crippen molar-refractivity contribution in [2.24, 2.45) is 0 Å². The third-order valence-corrected chi connectivity index (χ3v) is 2.95. The van der Waals surface area contributed by atoms with E-state index in [4.69, 9.17) is 4.42 Å². The molecule has 5 heteroatoms. The Morgan fingerprint density at radius 2 is 1.89 bits per heavy atom. The Morgan fingerprint density at radius 1 is 1.11 bits per heavy atom. The topological polar surface area (TPSA) is 87.7 Å². The van der Waals surface area contributed by atoms with Gasteiger partial charge >= 0.3 is 0 Å². The van der Waals surface area contributed by atoms with E-state index in [1.807, 2.05) is 0 Å². The van der Waals surface area contributed by atoms with E-state index in [2.05, 4.69) is 0 Å². The molecule has 3 rings (SSSR count). The Kier molecular flexibility index (Phi) is 2.28. The van der Waals surface area contributed by atoms with E-state index in [-0.39, 0.29) is 22.4 Å². The summed E-state index contributed by atoms with van der Waals surface area (Å²) in [5, 5.41) is 19.1. The van der Waals surface area contributed by atoms with E-state index in [1.165, 1.54) is 18.6 Å². The molecule has 1 aliphatic rings.